The maximum atomic E-state index is 13.1. The van der Waals surface area contributed by atoms with Crippen LogP contribution in [0, 0.1) is 5.41 Å². The van der Waals surface area contributed by atoms with Crippen molar-refractivity contribution < 1.29 is 14.7 Å². The number of β-amino-alcohol motifs (C(OH)–C–C–N with tert-alkyl or cyclic N) is 1. The fraction of sp³-hybridized carbons (Fsp3) is 0.560. The van der Waals surface area contributed by atoms with E-state index in [1.807, 2.05) is 58.2 Å². The van der Waals surface area contributed by atoms with E-state index in [-0.39, 0.29) is 5.91 Å². The number of aliphatic imine (C=N–C) groups is 1. The Labute approximate surface area is 196 Å². The Morgan fingerprint density at radius 1 is 1.18 bits per heavy atom. The van der Waals surface area contributed by atoms with Crippen LogP contribution in [0.3, 0.4) is 0 Å². The minimum atomic E-state index is -0.702. The predicted molar refractivity (Wildman–Crippen MR) is 130 cm³/mol. The van der Waals surface area contributed by atoms with Crippen LogP contribution in [0.4, 0.5) is 4.79 Å². The summed E-state index contributed by atoms with van der Waals surface area (Å²) in [6.45, 7) is 8.09. The zero-order chi connectivity index (χ0) is 24.2. The number of nitrogens with one attached hydrogen (secondary N) is 2. The second-order valence-electron chi connectivity index (χ2n) is 10.0. The fourth-order valence-corrected chi connectivity index (χ4v) is 4.37. The van der Waals surface area contributed by atoms with Gasteiger partial charge in [-0.15, -0.1) is 0 Å². The van der Waals surface area contributed by atoms with Crippen molar-refractivity contribution in [3.8, 4) is 0 Å². The second kappa shape index (κ2) is 10.5. The fourth-order valence-electron chi connectivity index (χ4n) is 4.37. The normalized spacial score (nSPS) is 21.2. The van der Waals surface area contributed by atoms with E-state index in [0.717, 1.165) is 29.1 Å². The van der Waals surface area contributed by atoms with Gasteiger partial charge in [-0.3, -0.25) is 9.79 Å². The van der Waals surface area contributed by atoms with Crippen LogP contribution in [-0.4, -0.2) is 85.0 Å². The van der Waals surface area contributed by atoms with Gasteiger partial charge in [0.15, 0.2) is 0 Å². The first-order valence-corrected chi connectivity index (χ1v) is 11.6. The highest BCUT2D eigenvalue weighted by Gasteiger charge is 2.38. The molecule has 1 aromatic carbocycles. The molecular formula is C25H37N5O3. The summed E-state index contributed by atoms with van der Waals surface area (Å²) in [5, 5.41) is 15.8. The number of aliphatic hydroxyl groups excluding tert-OH is 1. The molecule has 2 atom stereocenters. The van der Waals surface area contributed by atoms with Crippen LogP contribution in [0.25, 0.3) is 0 Å². The average molecular weight is 456 g/mol. The number of urea groups is 1. The lowest BCUT2D eigenvalue weighted by Crippen LogP contribution is -2.56. The Morgan fingerprint density at radius 3 is 2.45 bits per heavy atom. The molecule has 0 unspecified atom stereocenters. The maximum Gasteiger partial charge on any atom is 0.319 e. The number of aliphatic hydroxyl groups is 1. The van der Waals surface area contributed by atoms with Crippen LogP contribution in [0.15, 0.2) is 46.6 Å². The van der Waals surface area contributed by atoms with Gasteiger partial charge in [0.1, 0.15) is 6.04 Å². The SMILES string of the molecule is CN=C(C1=C(NC(=O)N[C@H](C(=O)N2CC[C@H](O)C2)C(C)(C)C)CCN(C)C1)c1ccccc1. The number of nitrogens with zero attached hydrogens (tertiary/aromatic N) is 3. The first-order chi connectivity index (χ1) is 15.6. The summed E-state index contributed by atoms with van der Waals surface area (Å²) in [6, 6.07) is 8.84. The minimum absolute atomic E-state index is 0.160. The van der Waals surface area contributed by atoms with Crippen LogP contribution in [0.1, 0.15) is 39.2 Å². The molecule has 1 aromatic rings. The van der Waals surface area contributed by atoms with Gasteiger partial charge in [0.25, 0.3) is 0 Å². The van der Waals surface area contributed by atoms with Crippen molar-refractivity contribution in [1.29, 1.82) is 0 Å². The molecule has 0 saturated carbocycles. The number of likely N-dealkylation sites (tertiary alicyclic amines) is 1. The first kappa shape index (κ1) is 24.9. The first-order valence-electron chi connectivity index (χ1n) is 11.6. The summed E-state index contributed by atoms with van der Waals surface area (Å²) in [5.41, 5.74) is 3.18. The topological polar surface area (TPSA) is 97.3 Å². The Morgan fingerprint density at radius 2 is 1.88 bits per heavy atom. The zero-order valence-corrected chi connectivity index (χ0v) is 20.4. The number of rotatable bonds is 5. The molecule has 33 heavy (non-hydrogen) atoms. The monoisotopic (exact) mass is 455 g/mol. The Hall–Kier alpha value is -2.71. The van der Waals surface area contributed by atoms with Gasteiger partial charge in [-0.05, 0) is 18.9 Å². The van der Waals surface area contributed by atoms with Gasteiger partial charge >= 0.3 is 6.03 Å². The van der Waals surface area contributed by atoms with Crippen LogP contribution in [-0.2, 0) is 4.79 Å². The molecule has 0 aliphatic carbocycles. The van der Waals surface area contributed by atoms with Gasteiger partial charge in [-0.25, -0.2) is 4.79 Å². The third-order valence-electron chi connectivity index (χ3n) is 6.22. The molecule has 1 fully saturated rings. The van der Waals surface area contributed by atoms with Crippen molar-refractivity contribution in [1.82, 2.24) is 20.4 Å². The number of carbonyl (C=O) groups excluding carboxylic acids is 2. The van der Waals surface area contributed by atoms with E-state index >= 15 is 0 Å². The molecule has 3 N–H and O–H groups in total. The van der Waals surface area contributed by atoms with E-state index in [4.69, 9.17) is 0 Å². The van der Waals surface area contributed by atoms with Crippen LogP contribution >= 0.6 is 0 Å². The van der Waals surface area contributed by atoms with Gasteiger partial charge in [0.05, 0.1) is 11.8 Å². The lowest BCUT2D eigenvalue weighted by Gasteiger charge is -2.34. The molecule has 3 amide bonds. The van der Waals surface area contributed by atoms with E-state index < -0.39 is 23.6 Å². The number of amides is 3. The molecule has 2 heterocycles. The molecule has 180 valence electrons. The molecule has 8 nitrogen and oxygen atoms in total. The zero-order valence-electron chi connectivity index (χ0n) is 20.4. The van der Waals surface area contributed by atoms with E-state index in [1.165, 1.54) is 0 Å². The average Bonchev–Trinajstić information content (AvgIpc) is 3.20. The molecule has 8 heteroatoms. The standard InChI is InChI=1S/C25H37N5O3/c1-25(2,3)22(23(32)30-14-11-18(31)15-30)28-24(33)27-20-12-13-29(5)16-19(20)21(26-4)17-9-7-6-8-10-17/h6-10,18,22,31H,11-16H2,1-5H3,(H2,27,28,33)/t18-,22+/m0/s1. The second-order valence-corrected chi connectivity index (χ2v) is 10.0. The number of carbonyl (C=O) groups is 2. The summed E-state index contributed by atoms with van der Waals surface area (Å²) >= 11 is 0. The van der Waals surface area contributed by atoms with E-state index in [1.54, 1.807) is 11.9 Å². The number of hydrogen-bond acceptors (Lipinski definition) is 5. The van der Waals surface area contributed by atoms with Gasteiger partial charge < -0.3 is 25.5 Å². The molecule has 2 aliphatic heterocycles. The number of benzene rings is 1. The molecular weight excluding hydrogens is 418 g/mol. The molecule has 2 aliphatic rings. The summed E-state index contributed by atoms with van der Waals surface area (Å²) in [7, 11) is 3.81. The quantitative estimate of drug-likeness (QED) is 0.592. The lowest BCUT2D eigenvalue weighted by molar-refractivity contribution is -0.135. The number of hydrogen-bond donors (Lipinski definition) is 3. The van der Waals surface area contributed by atoms with Crippen molar-refractivity contribution in [3.05, 3.63) is 47.2 Å². The van der Waals surface area contributed by atoms with Crippen molar-refractivity contribution in [2.24, 2.45) is 10.4 Å². The smallest absolute Gasteiger partial charge is 0.319 e. The third-order valence-corrected chi connectivity index (χ3v) is 6.22. The number of likely N-dealkylation sites (N-methyl/N-ethyl adjacent to an activating group) is 1. The van der Waals surface area contributed by atoms with Crippen molar-refractivity contribution >= 4 is 17.6 Å². The van der Waals surface area contributed by atoms with Crippen molar-refractivity contribution in [3.63, 3.8) is 0 Å². The summed E-state index contributed by atoms with van der Waals surface area (Å²) in [5.74, 6) is -0.160. The van der Waals surface area contributed by atoms with E-state index in [0.29, 0.717) is 32.5 Å². The van der Waals surface area contributed by atoms with Gasteiger partial charge in [0, 0.05) is 56.5 Å². The molecule has 0 bridgehead atoms. The summed E-state index contributed by atoms with van der Waals surface area (Å²) in [4.78, 5) is 34.6. The lowest BCUT2D eigenvalue weighted by atomic mass is 9.86. The molecule has 0 aromatic heterocycles. The molecule has 0 radical (unpaired) electrons. The van der Waals surface area contributed by atoms with Gasteiger partial charge in [-0.2, -0.15) is 0 Å². The molecule has 3 rings (SSSR count). The van der Waals surface area contributed by atoms with Crippen LogP contribution < -0.4 is 10.6 Å². The van der Waals surface area contributed by atoms with Gasteiger partial charge in [0.2, 0.25) is 5.91 Å². The summed E-state index contributed by atoms with van der Waals surface area (Å²) < 4.78 is 0. The van der Waals surface area contributed by atoms with Crippen LogP contribution in [0.2, 0.25) is 0 Å². The molecule has 1 saturated heterocycles. The van der Waals surface area contributed by atoms with Crippen molar-refractivity contribution in [2.75, 3.05) is 40.3 Å². The van der Waals surface area contributed by atoms with Crippen LogP contribution in [0.5, 0.6) is 0 Å². The molecule has 0 spiro atoms. The highest BCUT2D eigenvalue weighted by molar-refractivity contribution is 6.13. The predicted octanol–water partition coefficient (Wildman–Crippen LogP) is 2.00. The van der Waals surface area contributed by atoms with E-state index in [9.17, 15) is 14.7 Å². The summed E-state index contributed by atoms with van der Waals surface area (Å²) in [6.07, 6.45) is 0.745. The van der Waals surface area contributed by atoms with Crippen molar-refractivity contribution in [2.45, 2.75) is 45.8 Å². The largest absolute Gasteiger partial charge is 0.391 e. The van der Waals surface area contributed by atoms with Gasteiger partial charge in [-0.1, -0.05) is 51.1 Å². The highest BCUT2D eigenvalue weighted by atomic mass is 16.3. The van der Waals surface area contributed by atoms with E-state index in [2.05, 4.69) is 20.5 Å². The Balaban J connectivity index is 1.82. The Bertz CT molecular complexity index is 920. The minimum Gasteiger partial charge on any atom is -0.391 e. The highest BCUT2D eigenvalue weighted by Crippen LogP contribution is 2.24. The maximum absolute atomic E-state index is 13.1. The third kappa shape index (κ3) is 6.21. The Kier molecular flexibility index (Phi) is 7.92.